The van der Waals surface area contributed by atoms with Gasteiger partial charge in [-0.1, -0.05) is 38.0 Å². The fourth-order valence-electron chi connectivity index (χ4n) is 3.80. The van der Waals surface area contributed by atoms with Gasteiger partial charge in [-0.15, -0.1) is 0 Å². The van der Waals surface area contributed by atoms with E-state index in [0.717, 1.165) is 30.2 Å². The molecule has 1 saturated heterocycles. The number of likely N-dealkylation sites (tertiary alicyclic amines) is 1. The van der Waals surface area contributed by atoms with Gasteiger partial charge >= 0.3 is 0 Å². The third kappa shape index (κ3) is 2.91. The number of Topliss-reactive ketones (excluding diaryl/α,β-unsaturated/α-hetero) is 1. The van der Waals surface area contributed by atoms with Gasteiger partial charge in [-0.05, 0) is 24.6 Å². The van der Waals surface area contributed by atoms with Gasteiger partial charge in [0.25, 0.3) is 11.7 Å². The summed E-state index contributed by atoms with van der Waals surface area (Å²) >= 11 is 0. The number of aliphatic hydroxyl groups is 1. The van der Waals surface area contributed by atoms with E-state index in [-0.39, 0.29) is 11.3 Å². The van der Waals surface area contributed by atoms with Crippen LogP contribution in [0.4, 0.5) is 0 Å². The SMILES string of the molecule is CCCCCN1C(=O)C(=O)/C(=C(\O)c2c[nH]c3ccccc23)C1c1ccco1. The number of aliphatic hydroxyl groups excluding tert-OH is 1. The minimum Gasteiger partial charge on any atom is -0.507 e. The van der Waals surface area contributed by atoms with Gasteiger partial charge in [0.15, 0.2) is 0 Å². The molecule has 0 aliphatic carbocycles. The molecule has 0 spiro atoms. The standard InChI is InChI=1S/C22H22N2O4/c1-2-3-6-11-24-19(17-10-7-12-28-17)18(21(26)22(24)27)20(25)15-13-23-16-9-5-4-8-14(15)16/h4-5,7-10,12-13,19,23,25H,2-3,6,11H2,1H3/b20-18-. The van der Waals surface area contributed by atoms with Crippen LogP contribution in [-0.4, -0.2) is 33.2 Å². The van der Waals surface area contributed by atoms with Crippen LogP contribution in [0.25, 0.3) is 16.7 Å². The first-order chi connectivity index (χ1) is 13.6. The van der Waals surface area contributed by atoms with Crippen LogP contribution in [0.15, 0.2) is 58.8 Å². The summed E-state index contributed by atoms with van der Waals surface area (Å²) in [6.07, 6.45) is 5.91. The van der Waals surface area contributed by atoms with Gasteiger partial charge < -0.3 is 19.4 Å². The number of furan rings is 1. The first-order valence-corrected chi connectivity index (χ1v) is 9.51. The minimum atomic E-state index is -0.722. The number of H-pyrrole nitrogens is 1. The van der Waals surface area contributed by atoms with Gasteiger partial charge in [-0.3, -0.25) is 9.59 Å². The highest BCUT2D eigenvalue weighted by molar-refractivity contribution is 6.46. The molecule has 1 aliphatic rings. The summed E-state index contributed by atoms with van der Waals surface area (Å²) in [7, 11) is 0. The van der Waals surface area contributed by atoms with E-state index in [9.17, 15) is 14.7 Å². The molecular formula is C22H22N2O4. The van der Waals surface area contributed by atoms with Crippen LogP contribution in [0.5, 0.6) is 0 Å². The highest BCUT2D eigenvalue weighted by Gasteiger charge is 2.47. The number of benzene rings is 1. The summed E-state index contributed by atoms with van der Waals surface area (Å²) in [4.78, 5) is 30.2. The molecule has 2 aromatic heterocycles. The Labute approximate surface area is 162 Å². The second-order valence-electron chi connectivity index (χ2n) is 6.96. The lowest BCUT2D eigenvalue weighted by molar-refractivity contribution is -0.140. The highest BCUT2D eigenvalue weighted by Crippen LogP contribution is 2.40. The van der Waals surface area contributed by atoms with E-state index in [1.54, 1.807) is 18.3 Å². The van der Waals surface area contributed by atoms with Gasteiger partial charge in [-0.2, -0.15) is 0 Å². The number of fused-ring (bicyclic) bond motifs is 1. The van der Waals surface area contributed by atoms with Crippen LogP contribution >= 0.6 is 0 Å². The maximum Gasteiger partial charge on any atom is 0.295 e. The Morgan fingerprint density at radius 3 is 2.75 bits per heavy atom. The lowest BCUT2D eigenvalue weighted by atomic mass is 9.99. The molecule has 1 unspecified atom stereocenters. The van der Waals surface area contributed by atoms with Crippen LogP contribution in [0.3, 0.4) is 0 Å². The summed E-state index contributed by atoms with van der Waals surface area (Å²) in [5.41, 5.74) is 1.41. The predicted octanol–water partition coefficient (Wildman–Crippen LogP) is 4.37. The maximum atomic E-state index is 12.9. The molecule has 2 N–H and O–H groups in total. The number of aromatic nitrogens is 1. The molecule has 28 heavy (non-hydrogen) atoms. The monoisotopic (exact) mass is 378 g/mol. The molecule has 1 aromatic carbocycles. The molecule has 6 heteroatoms. The number of hydrogen-bond acceptors (Lipinski definition) is 4. The summed E-state index contributed by atoms with van der Waals surface area (Å²) in [6.45, 7) is 2.52. The first-order valence-electron chi connectivity index (χ1n) is 9.51. The molecule has 3 aromatic rings. The molecule has 144 valence electrons. The first kappa shape index (κ1) is 18.1. The number of carbonyl (C=O) groups is 2. The molecule has 1 atom stereocenters. The zero-order valence-corrected chi connectivity index (χ0v) is 15.6. The Bertz CT molecular complexity index is 1050. The zero-order chi connectivity index (χ0) is 19.7. The molecule has 1 amide bonds. The van der Waals surface area contributed by atoms with Crippen LogP contribution in [0.2, 0.25) is 0 Å². The van der Waals surface area contributed by atoms with E-state index >= 15 is 0 Å². The van der Waals surface area contributed by atoms with Gasteiger partial charge in [0.05, 0.1) is 11.8 Å². The Hall–Kier alpha value is -3.28. The number of carbonyl (C=O) groups excluding carboxylic acids is 2. The summed E-state index contributed by atoms with van der Waals surface area (Å²) in [5, 5.41) is 11.9. The van der Waals surface area contributed by atoms with Crippen molar-refractivity contribution in [2.24, 2.45) is 0 Å². The van der Waals surface area contributed by atoms with Crippen LogP contribution in [0, 0.1) is 0 Å². The van der Waals surface area contributed by atoms with E-state index in [2.05, 4.69) is 11.9 Å². The molecular weight excluding hydrogens is 356 g/mol. The fraction of sp³-hybridized carbons (Fsp3) is 0.273. The van der Waals surface area contributed by atoms with Crippen molar-refractivity contribution in [2.75, 3.05) is 6.54 Å². The Morgan fingerprint density at radius 2 is 2.00 bits per heavy atom. The molecule has 4 rings (SSSR count). The van der Waals surface area contributed by atoms with Crippen molar-refractivity contribution in [3.63, 3.8) is 0 Å². The molecule has 1 fully saturated rings. The van der Waals surface area contributed by atoms with Crippen molar-refractivity contribution in [3.8, 4) is 0 Å². The minimum absolute atomic E-state index is 0.0706. The van der Waals surface area contributed by atoms with Crippen molar-refractivity contribution >= 4 is 28.4 Å². The average Bonchev–Trinajstić information content (AvgIpc) is 3.42. The Morgan fingerprint density at radius 1 is 1.18 bits per heavy atom. The third-order valence-corrected chi connectivity index (χ3v) is 5.20. The predicted molar refractivity (Wildman–Crippen MR) is 106 cm³/mol. The normalized spacial score (nSPS) is 19.0. The van der Waals surface area contributed by atoms with E-state index in [1.165, 1.54) is 11.2 Å². The van der Waals surface area contributed by atoms with Crippen molar-refractivity contribution in [1.29, 1.82) is 0 Å². The quantitative estimate of drug-likeness (QED) is 0.289. The highest BCUT2D eigenvalue weighted by atomic mass is 16.3. The summed E-state index contributed by atoms with van der Waals surface area (Å²) < 4.78 is 5.54. The molecule has 0 radical (unpaired) electrons. The smallest absolute Gasteiger partial charge is 0.295 e. The van der Waals surface area contributed by atoms with Gasteiger partial charge in [0, 0.05) is 29.2 Å². The van der Waals surface area contributed by atoms with Crippen molar-refractivity contribution in [1.82, 2.24) is 9.88 Å². The number of aromatic amines is 1. The number of ketones is 1. The van der Waals surface area contributed by atoms with Gasteiger partial charge in [0.1, 0.15) is 17.6 Å². The van der Waals surface area contributed by atoms with Gasteiger partial charge in [-0.25, -0.2) is 0 Å². The molecule has 0 saturated carbocycles. The second-order valence-corrected chi connectivity index (χ2v) is 6.96. The fourth-order valence-corrected chi connectivity index (χ4v) is 3.80. The number of nitrogens with one attached hydrogen (secondary N) is 1. The largest absolute Gasteiger partial charge is 0.507 e. The van der Waals surface area contributed by atoms with Crippen molar-refractivity contribution in [3.05, 3.63) is 65.8 Å². The summed E-state index contributed by atoms with van der Waals surface area (Å²) in [6, 6.07) is 10.2. The van der Waals surface area contributed by atoms with Crippen LogP contribution in [0.1, 0.15) is 43.6 Å². The Kier molecular flexibility index (Phi) is 4.77. The zero-order valence-electron chi connectivity index (χ0n) is 15.6. The van der Waals surface area contributed by atoms with E-state index in [1.807, 2.05) is 24.3 Å². The van der Waals surface area contributed by atoms with Crippen molar-refractivity contribution < 1.29 is 19.1 Å². The molecule has 3 heterocycles. The third-order valence-electron chi connectivity index (χ3n) is 5.20. The summed E-state index contributed by atoms with van der Waals surface area (Å²) in [5.74, 6) is -0.994. The number of hydrogen-bond donors (Lipinski definition) is 2. The molecule has 0 bridgehead atoms. The van der Waals surface area contributed by atoms with E-state index < -0.39 is 17.7 Å². The molecule has 1 aliphatic heterocycles. The van der Waals surface area contributed by atoms with Crippen LogP contribution < -0.4 is 0 Å². The lowest BCUT2D eigenvalue weighted by Gasteiger charge is -2.23. The second kappa shape index (κ2) is 7.38. The molecule has 6 nitrogen and oxygen atoms in total. The topological polar surface area (TPSA) is 86.5 Å². The Balaban J connectivity index is 1.84. The number of unbranched alkanes of at least 4 members (excludes halogenated alkanes) is 2. The maximum absolute atomic E-state index is 12.9. The van der Waals surface area contributed by atoms with Gasteiger partial charge in [0.2, 0.25) is 0 Å². The average molecular weight is 378 g/mol. The number of nitrogens with zero attached hydrogens (tertiary/aromatic N) is 1. The van der Waals surface area contributed by atoms with Crippen molar-refractivity contribution in [2.45, 2.75) is 32.2 Å². The number of amides is 1. The lowest BCUT2D eigenvalue weighted by Crippen LogP contribution is -2.30. The number of rotatable bonds is 6. The van der Waals surface area contributed by atoms with E-state index in [4.69, 9.17) is 4.42 Å². The number of para-hydroxylation sites is 1. The van der Waals surface area contributed by atoms with E-state index in [0.29, 0.717) is 17.9 Å². The van der Waals surface area contributed by atoms with Crippen LogP contribution in [-0.2, 0) is 9.59 Å².